The Balaban J connectivity index is 1.67. The van der Waals surface area contributed by atoms with Gasteiger partial charge in [-0.05, 0) is 53.9 Å². The van der Waals surface area contributed by atoms with Crippen molar-refractivity contribution < 1.29 is 18.0 Å². The predicted molar refractivity (Wildman–Crippen MR) is 102 cm³/mol. The zero-order chi connectivity index (χ0) is 20.4. The van der Waals surface area contributed by atoms with E-state index in [0.29, 0.717) is 22.2 Å². The number of nitrogens with zero attached hydrogens (tertiary/aromatic N) is 2. The highest BCUT2D eigenvalue weighted by molar-refractivity contribution is 5.92. The molecule has 0 saturated heterocycles. The molecule has 0 aliphatic heterocycles. The van der Waals surface area contributed by atoms with Crippen molar-refractivity contribution in [3.63, 3.8) is 0 Å². The van der Waals surface area contributed by atoms with Crippen LogP contribution in [-0.2, 0) is 6.42 Å². The molecule has 0 spiro atoms. The summed E-state index contributed by atoms with van der Waals surface area (Å²) in [6.45, 7) is 0.191. The molecule has 8 heteroatoms. The maximum atomic E-state index is 14.3. The first-order valence-electron chi connectivity index (χ1n) is 8.83. The van der Waals surface area contributed by atoms with E-state index in [-0.39, 0.29) is 24.3 Å². The Morgan fingerprint density at radius 3 is 2.45 bits per heavy atom. The first-order chi connectivity index (χ1) is 14.0. The van der Waals surface area contributed by atoms with Crippen molar-refractivity contribution in [1.82, 2.24) is 20.3 Å². The number of amides is 1. The third kappa shape index (κ3) is 3.82. The van der Waals surface area contributed by atoms with E-state index in [1.165, 1.54) is 30.6 Å². The number of aromatic amines is 1. The Kier molecular flexibility index (Phi) is 4.99. The highest BCUT2D eigenvalue weighted by atomic mass is 19.1. The predicted octanol–water partition coefficient (Wildman–Crippen LogP) is 4.01. The van der Waals surface area contributed by atoms with Crippen LogP contribution in [0.25, 0.3) is 22.2 Å². The number of fused-ring (bicyclic) bond motifs is 1. The van der Waals surface area contributed by atoms with Gasteiger partial charge >= 0.3 is 0 Å². The Labute approximate surface area is 163 Å². The summed E-state index contributed by atoms with van der Waals surface area (Å²) in [5, 5.41) is 3.06. The van der Waals surface area contributed by atoms with E-state index in [0.717, 1.165) is 6.07 Å². The molecule has 29 heavy (non-hydrogen) atoms. The number of H-pyrrole nitrogens is 1. The van der Waals surface area contributed by atoms with Crippen molar-refractivity contribution in [2.24, 2.45) is 0 Å². The lowest BCUT2D eigenvalue weighted by Crippen LogP contribution is -2.27. The van der Waals surface area contributed by atoms with Gasteiger partial charge in [0.2, 0.25) is 5.82 Å². The number of aromatic nitrogens is 3. The molecule has 0 saturated carbocycles. The Morgan fingerprint density at radius 1 is 1.00 bits per heavy atom. The van der Waals surface area contributed by atoms with Crippen LogP contribution in [0, 0.1) is 17.5 Å². The van der Waals surface area contributed by atoms with Crippen LogP contribution in [-0.4, -0.2) is 27.4 Å². The summed E-state index contributed by atoms with van der Waals surface area (Å²) in [6.07, 6.45) is 3.20. The second-order valence-corrected chi connectivity index (χ2v) is 6.37. The standard InChI is InChI=1S/C21H15F3N4O/c22-13-4-2-12(3-5-13)18-15(16-10-14(23)11-17(24)19(16)28-18)6-9-27-21(29)20-25-7-1-8-26-20/h1-5,7-8,10-11,28H,6,9H2,(H,27,29). The topological polar surface area (TPSA) is 70.7 Å². The minimum absolute atomic E-state index is 0.0299. The van der Waals surface area contributed by atoms with E-state index in [4.69, 9.17) is 0 Å². The molecule has 1 amide bonds. The highest BCUT2D eigenvalue weighted by Crippen LogP contribution is 2.32. The van der Waals surface area contributed by atoms with Gasteiger partial charge in [0.15, 0.2) is 0 Å². The second kappa shape index (κ2) is 7.75. The molecule has 5 nitrogen and oxygen atoms in total. The van der Waals surface area contributed by atoms with Crippen molar-refractivity contribution in [3.05, 3.63) is 83.7 Å². The van der Waals surface area contributed by atoms with Crippen molar-refractivity contribution in [3.8, 4) is 11.3 Å². The number of rotatable bonds is 5. The molecule has 0 aliphatic rings. The monoisotopic (exact) mass is 396 g/mol. The van der Waals surface area contributed by atoms with Crippen LogP contribution in [0.1, 0.15) is 16.2 Å². The number of hydrogen-bond donors (Lipinski definition) is 2. The Hall–Kier alpha value is -3.68. The zero-order valence-corrected chi connectivity index (χ0v) is 15.0. The molecule has 0 fully saturated rings. The summed E-state index contributed by atoms with van der Waals surface area (Å²) >= 11 is 0. The van der Waals surface area contributed by atoms with Crippen LogP contribution in [0.5, 0.6) is 0 Å². The minimum Gasteiger partial charge on any atom is -0.352 e. The van der Waals surface area contributed by atoms with Crippen LogP contribution in [0.4, 0.5) is 13.2 Å². The van der Waals surface area contributed by atoms with E-state index < -0.39 is 23.4 Å². The average molecular weight is 396 g/mol. The van der Waals surface area contributed by atoms with E-state index >= 15 is 0 Å². The zero-order valence-electron chi connectivity index (χ0n) is 15.0. The molecule has 0 aliphatic carbocycles. The molecule has 0 radical (unpaired) electrons. The average Bonchev–Trinajstić information content (AvgIpc) is 3.08. The van der Waals surface area contributed by atoms with Gasteiger partial charge in [0.25, 0.3) is 5.91 Å². The first kappa shape index (κ1) is 18.7. The lowest BCUT2D eigenvalue weighted by Gasteiger charge is -2.07. The van der Waals surface area contributed by atoms with Crippen LogP contribution < -0.4 is 5.32 Å². The molecule has 2 aromatic heterocycles. The number of halogens is 3. The van der Waals surface area contributed by atoms with Gasteiger partial charge in [-0.1, -0.05) is 0 Å². The van der Waals surface area contributed by atoms with Gasteiger partial charge < -0.3 is 10.3 Å². The van der Waals surface area contributed by atoms with Crippen LogP contribution in [0.2, 0.25) is 0 Å². The summed E-state index contributed by atoms with van der Waals surface area (Å²) in [4.78, 5) is 22.8. The second-order valence-electron chi connectivity index (χ2n) is 6.37. The van der Waals surface area contributed by atoms with Gasteiger partial charge in [-0.2, -0.15) is 0 Å². The van der Waals surface area contributed by atoms with E-state index in [9.17, 15) is 18.0 Å². The van der Waals surface area contributed by atoms with Crippen LogP contribution in [0.15, 0.2) is 54.9 Å². The molecular formula is C21H15F3N4O. The fourth-order valence-electron chi connectivity index (χ4n) is 3.19. The van der Waals surface area contributed by atoms with Gasteiger partial charge in [0.1, 0.15) is 17.5 Å². The third-order valence-corrected chi connectivity index (χ3v) is 4.49. The first-order valence-corrected chi connectivity index (χ1v) is 8.83. The highest BCUT2D eigenvalue weighted by Gasteiger charge is 2.18. The maximum Gasteiger partial charge on any atom is 0.289 e. The summed E-state index contributed by atoms with van der Waals surface area (Å²) in [6, 6.07) is 9.31. The van der Waals surface area contributed by atoms with E-state index in [1.54, 1.807) is 18.2 Å². The maximum absolute atomic E-state index is 14.3. The van der Waals surface area contributed by atoms with Crippen molar-refractivity contribution in [2.75, 3.05) is 6.54 Å². The normalized spacial score (nSPS) is 11.0. The number of hydrogen-bond acceptors (Lipinski definition) is 3. The summed E-state index contributed by atoms with van der Waals surface area (Å²) in [7, 11) is 0. The van der Waals surface area contributed by atoms with Crippen molar-refractivity contribution in [2.45, 2.75) is 6.42 Å². The largest absolute Gasteiger partial charge is 0.352 e. The molecular weight excluding hydrogens is 381 g/mol. The summed E-state index contributed by atoms with van der Waals surface area (Å²) in [5.74, 6) is -2.26. The third-order valence-electron chi connectivity index (χ3n) is 4.49. The van der Waals surface area contributed by atoms with Gasteiger partial charge in [0.05, 0.1) is 5.52 Å². The van der Waals surface area contributed by atoms with E-state index in [2.05, 4.69) is 20.3 Å². The number of carbonyl (C=O) groups excluding carboxylic acids is 1. The van der Waals surface area contributed by atoms with Gasteiger partial charge in [-0.25, -0.2) is 23.1 Å². The molecule has 4 aromatic rings. The van der Waals surface area contributed by atoms with Crippen molar-refractivity contribution >= 4 is 16.8 Å². The number of nitrogens with one attached hydrogen (secondary N) is 2. The van der Waals surface area contributed by atoms with Gasteiger partial charge in [0, 0.05) is 36.1 Å². The minimum atomic E-state index is -0.726. The van der Waals surface area contributed by atoms with Crippen LogP contribution >= 0.6 is 0 Å². The molecule has 2 heterocycles. The summed E-state index contributed by atoms with van der Waals surface area (Å²) in [5.41, 5.74) is 1.92. The van der Waals surface area contributed by atoms with Crippen LogP contribution in [0.3, 0.4) is 0 Å². The fraction of sp³-hybridized carbons (Fsp3) is 0.0952. The summed E-state index contributed by atoms with van der Waals surface area (Å²) < 4.78 is 41.4. The molecule has 0 atom stereocenters. The lowest BCUT2D eigenvalue weighted by molar-refractivity contribution is 0.0943. The molecule has 2 aromatic carbocycles. The fourth-order valence-corrected chi connectivity index (χ4v) is 3.19. The number of benzene rings is 2. The molecule has 0 unspecified atom stereocenters. The van der Waals surface area contributed by atoms with Crippen molar-refractivity contribution in [1.29, 1.82) is 0 Å². The quantitative estimate of drug-likeness (QED) is 0.535. The van der Waals surface area contributed by atoms with Gasteiger partial charge in [-0.3, -0.25) is 4.79 Å². The Bertz CT molecular complexity index is 1170. The molecule has 4 rings (SSSR count). The van der Waals surface area contributed by atoms with E-state index in [1.807, 2.05) is 0 Å². The molecule has 2 N–H and O–H groups in total. The Morgan fingerprint density at radius 2 is 1.72 bits per heavy atom. The SMILES string of the molecule is O=C(NCCc1c(-c2ccc(F)cc2)[nH]c2c(F)cc(F)cc12)c1ncccn1. The molecule has 0 bridgehead atoms. The number of carbonyl (C=O) groups is 1. The molecule has 146 valence electrons. The van der Waals surface area contributed by atoms with Gasteiger partial charge in [-0.15, -0.1) is 0 Å². The lowest BCUT2D eigenvalue weighted by atomic mass is 10.0. The smallest absolute Gasteiger partial charge is 0.289 e.